The summed E-state index contributed by atoms with van der Waals surface area (Å²) in [5, 5.41) is 10.7. The lowest BCUT2D eigenvalue weighted by Crippen LogP contribution is -2.27. The van der Waals surface area contributed by atoms with Crippen LogP contribution in [0.2, 0.25) is 0 Å². The molecule has 0 unspecified atom stereocenters. The minimum absolute atomic E-state index is 0.192. The number of hydrogen-bond donors (Lipinski definition) is 0. The minimum Gasteiger partial charge on any atom is -0.493 e. The fourth-order valence-corrected chi connectivity index (χ4v) is 2.47. The summed E-state index contributed by atoms with van der Waals surface area (Å²) in [7, 11) is 0. The SMILES string of the molecule is O=[N+]([O-])c1cn2c(n1)O[C@@H](CCOc1ccc(C(F)(F)F)cc1)CC2. The van der Waals surface area contributed by atoms with Crippen molar-refractivity contribution in [3.05, 3.63) is 46.1 Å². The number of benzene rings is 1. The van der Waals surface area contributed by atoms with Crippen LogP contribution in [-0.4, -0.2) is 27.2 Å². The van der Waals surface area contributed by atoms with Crippen LogP contribution in [0.15, 0.2) is 30.5 Å². The summed E-state index contributed by atoms with van der Waals surface area (Å²) in [6.07, 6.45) is -2.15. The second-order valence-corrected chi connectivity index (χ2v) is 5.52. The zero-order valence-corrected chi connectivity index (χ0v) is 12.9. The second kappa shape index (κ2) is 6.61. The Labute approximate surface area is 140 Å². The molecule has 2 heterocycles. The van der Waals surface area contributed by atoms with E-state index in [1.54, 1.807) is 4.57 Å². The van der Waals surface area contributed by atoms with Gasteiger partial charge in [-0.2, -0.15) is 13.2 Å². The second-order valence-electron chi connectivity index (χ2n) is 5.52. The number of halogens is 3. The Balaban J connectivity index is 1.50. The molecule has 1 aliphatic rings. The van der Waals surface area contributed by atoms with Crippen molar-refractivity contribution < 1.29 is 27.6 Å². The molecular weight excluding hydrogens is 343 g/mol. The van der Waals surface area contributed by atoms with Crippen molar-refractivity contribution in [2.75, 3.05) is 6.61 Å². The molecule has 0 spiro atoms. The number of imidazole rings is 1. The molecule has 7 nitrogen and oxygen atoms in total. The number of nitrogens with zero attached hydrogens (tertiary/aromatic N) is 3. The van der Waals surface area contributed by atoms with Gasteiger partial charge in [0.25, 0.3) is 0 Å². The minimum atomic E-state index is -4.38. The molecule has 0 fully saturated rings. The van der Waals surface area contributed by atoms with Gasteiger partial charge in [0.15, 0.2) is 0 Å². The van der Waals surface area contributed by atoms with Crippen LogP contribution >= 0.6 is 0 Å². The smallest absolute Gasteiger partial charge is 0.416 e. The topological polar surface area (TPSA) is 79.4 Å². The highest BCUT2D eigenvalue weighted by Gasteiger charge is 2.30. The van der Waals surface area contributed by atoms with E-state index in [1.807, 2.05) is 0 Å². The molecule has 0 saturated heterocycles. The van der Waals surface area contributed by atoms with Gasteiger partial charge in [0, 0.05) is 24.4 Å². The Morgan fingerprint density at radius 1 is 1.36 bits per heavy atom. The molecule has 1 aliphatic heterocycles. The van der Waals surface area contributed by atoms with Crippen LogP contribution in [0.3, 0.4) is 0 Å². The first kappa shape index (κ1) is 17.1. The highest BCUT2D eigenvalue weighted by molar-refractivity contribution is 5.28. The standard InChI is InChI=1S/C15H14F3N3O4/c16-15(17,18)10-1-3-11(4-2-10)24-8-6-12-5-7-20-9-13(21(22)23)19-14(20)25-12/h1-4,9,12H,5-8H2/t12-/m1/s1. The fraction of sp³-hybridized carbons (Fsp3) is 0.400. The van der Waals surface area contributed by atoms with Crippen molar-refractivity contribution in [1.82, 2.24) is 9.55 Å². The third-order valence-corrected chi connectivity index (χ3v) is 3.77. The van der Waals surface area contributed by atoms with Gasteiger partial charge in [-0.25, -0.2) is 0 Å². The maximum Gasteiger partial charge on any atom is 0.416 e. The van der Waals surface area contributed by atoms with Gasteiger partial charge in [-0.05, 0) is 29.2 Å². The molecule has 0 aliphatic carbocycles. The molecule has 0 N–H and O–H groups in total. The number of aromatic nitrogens is 2. The van der Waals surface area contributed by atoms with Crippen molar-refractivity contribution >= 4 is 5.82 Å². The van der Waals surface area contributed by atoms with Crippen molar-refractivity contribution in [3.8, 4) is 11.8 Å². The summed E-state index contributed by atoms with van der Waals surface area (Å²) in [6, 6.07) is 4.64. The third kappa shape index (κ3) is 4.01. The van der Waals surface area contributed by atoms with Crippen molar-refractivity contribution in [2.24, 2.45) is 0 Å². The van der Waals surface area contributed by atoms with Crippen molar-refractivity contribution in [3.63, 3.8) is 0 Å². The monoisotopic (exact) mass is 357 g/mol. The molecule has 25 heavy (non-hydrogen) atoms. The summed E-state index contributed by atoms with van der Waals surface area (Å²) in [5.41, 5.74) is -0.733. The summed E-state index contributed by atoms with van der Waals surface area (Å²) in [4.78, 5) is 13.9. The van der Waals surface area contributed by atoms with E-state index in [0.717, 1.165) is 12.1 Å². The molecule has 0 radical (unpaired) electrons. The van der Waals surface area contributed by atoms with Gasteiger partial charge in [-0.15, -0.1) is 0 Å². The van der Waals surface area contributed by atoms with E-state index in [2.05, 4.69) is 4.98 Å². The Morgan fingerprint density at radius 2 is 2.08 bits per heavy atom. The molecule has 1 aromatic heterocycles. The van der Waals surface area contributed by atoms with Crippen molar-refractivity contribution in [1.29, 1.82) is 0 Å². The van der Waals surface area contributed by atoms with Crippen LogP contribution < -0.4 is 9.47 Å². The van der Waals surface area contributed by atoms with Gasteiger partial charge < -0.3 is 19.6 Å². The Hall–Kier alpha value is -2.78. The predicted octanol–water partition coefficient (Wildman–Crippen LogP) is 3.43. The molecular formula is C15H14F3N3O4. The van der Waals surface area contributed by atoms with Gasteiger partial charge in [-0.3, -0.25) is 4.57 Å². The first-order valence-electron chi connectivity index (χ1n) is 7.51. The van der Waals surface area contributed by atoms with Crippen LogP contribution in [0.1, 0.15) is 18.4 Å². The molecule has 3 rings (SSSR count). The lowest BCUT2D eigenvalue weighted by atomic mass is 10.2. The van der Waals surface area contributed by atoms with E-state index in [4.69, 9.17) is 9.47 Å². The number of fused-ring (bicyclic) bond motifs is 1. The van der Waals surface area contributed by atoms with Crippen LogP contribution in [0.4, 0.5) is 19.0 Å². The molecule has 10 heteroatoms. The molecule has 1 atom stereocenters. The van der Waals surface area contributed by atoms with Crippen LogP contribution in [0.5, 0.6) is 11.8 Å². The first-order chi connectivity index (χ1) is 11.8. The molecule has 134 valence electrons. The number of rotatable bonds is 5. The summed E-state index contributed by atoms with van der Waals surface area (Å²) < 4.78 is 50.0. The highest BCUT2D eigenvalue weighted by atomic mass is 19.4. The summed E-state index contributed by atoms with van der Waals surface area (Å²) >= 11 is 0. The van der Waals surface area contributed by atoms with Gasteiger partial charge in [-0.1, -0.05) is 0 Å². The van der Waals surface area contributed by atoms with E-state index >= 15 is 0 Å². The highest BCUT2D eigenvalue weighted by Crippen LogP contribution is 2.30. The quantitative estimate of drug-likeness (QED) is 0.605. The number of aryl methyl sites for hydroxylation is 1. The van der Waals surface area contributed by atoms with E-state index in [1.165, 1.54) is 18.3 Å². The molecule has 1 aromatic carbocycles. The Morgan fingerprint density at radius 3 is 2.72 bits per heavy atom. The lowest BCUT2D eigenvalue weighted by Gasteiger charge is -2.22. The zero-order valence-electron chi connectivity index (χ0n) is 12.9. The average molecular weight is 357 g/mol. The van der Waals surface area contributed by atoms with E-state index in [9.17, 15) is 23.3 Å². The normalized spacial score (nSPS) is 16.8. The zero-order chi connectivity index (χ0) is 18.0. The van der Waals surface area contributed by atoms with Gasteiger partial charge in [0.2, 0.25) is 0 Å². The number of ether oxygens (including phenoxy) is 2. The summed E-state index contributed by atoms with van der Waals surface area (Å²) in [6.45, 7) is 0.792. The first-order valence-corrected chi connectivity index (χ1v) is 7.51. The van der Waals surface area contributed by atoms with Crippen molar-refractivity contribution in [2.45, 2.75) is 31.7 Å². The van der Waals surface area contributed by atoms with E-state index < -0.39 is 16.7 Å². The average Bonchev–Trinajstić information content (AvgIpc) is 2.98. The molecule has 0 amide bonds. The molecule has 0 saturated carbocycles. The maximum atomic E-state index is 12.5. The largest absolute Gasteiger partial charge is 0.493 e. The van der Waals surface area contributed by atoms with Crippen LogP contribution in [0.25, 0.3) is 0 Å². The molecule has 0 bridgehead atoms. The molecule has 2 aromatic rings. The van der Waals surface area contributed by atoms with Crippen LogP contribution in [-0.2, 0) is 12.7 Å². The van der Waals surface area contributed by atoms with E-state index in [0.29, 0.717) is 25.1 Å². The number of alkyl halides is 3. The number of nitro groups is 1. The van der Waals surface area contributed by atoms with E-state index in [-0.39, 0.29) is 24.5 Å². The number of hydrogen-bond acceptors (Lipinski definition) is 5. The predicted molar refractivity (Wildman–Crippen MR) is 79.5 cm³/mol. The van der Waals surface area contributed by atoms with Gasteiger partial charge in [0.05, 0.1) is 12.2 Å². The lowest BCUT2D eigenvalue weighted by molar-refractivity contribution is -0.389. The van der Waals surface area contributed by atoms with Gasteiger partial charge >= 0.3 is 18.0 Å². The van der Waals surface area contributed by atoms with Crippen LogP contribution in [0, 0.1) is 10.1 Å². The fourth-order valence-electron chi connectivity index (χ4n) is 2.47. The maximum absolute atomic E-state index is 12.5. The summed E-state index contributed by atoms with van der Waals surface area (Å²) in [5.74, 6) is 0.0672. The Bertz CT molecular complexity index is 758. The third-order valence-electron chi connectivity index (χ3n) is 3.77. The Kier molecular flexibility index (Phi) is 4.51. The van der Waals surface area contributed by atoms with Gasteiger partial charge in [0.1, 0.15) is 18.1 Å².